The molecule has 0 saturated carbocycles. The van der Waals surface area contributed by atoms with Crippen LogP contribution in [-0.2, 0) is 10.8 Å². The molecule has 194 valence electrons. The molecule has 1 aliphatic carbocycles. The number of hydrogen-bond donors (Lipinski definition) is 3. The minimum absolute atomic E-state index is 0.175. The van der Waals surface area contributed by atoms with Crippen molar-refractivity contribution >= 4 is 34.5 Å². The van der Waals surface area contributed by atoms with Crippen molar-refractivity contribution in [2.24, 2.45) is 0 Å². The number of benzene rings is 3. The van der Waals surface area contributed by atoms with Crippen molar-refractivity contribution in [3.05, 3.63) is 94.1 Å². The highest BCUT2D eigenvalue weighted by Crippen LogP contribution is 2.47. The van der Waals surface area contributed by atoms with Gasteiger partial charge in [0.1, 0.15) is 0 Å². The Balaban J connectivity index is 0.000000886. The Morgan fingerprint density at radius 2 is 1.32 bits per heavy atom. The number of carboxylic acid groups (broad SMARTS) is 3. The van der Waals surface area contributed by atoms with Crippen molar-refractivity contribution in [3.8, 4) is 0 Å². The summed E-state index contributed by atoms with van der Waals surface area (Å²) < 4.78 is 0. The summed E-state index contributed by atoms with van der Waals surface area (Å²) >= 11 is 0. The zero-order valence-electron chi connectivity index (χ0n) is 22.4. The Bertz CT molecular complexity index is 1400. The van der Waals surface area contributed by atoms with E-state index in [2.05, 4.69) is 77.1 Å². The molecule has 0 aliphatic heterocycles. The molecule has 3 aromatic carbocycles. The highest BCUT2D eigenvalue weighted by Gasteiger charge is 2.37. The Morgan fingerprint density at radius 3 is 1.86 bits per heavy atom. The van der Waals surface area contributed by atoms with Crippen LogP contribution < -0.4 is 0 Å². The van der Waals surface area contributed by atoms with Gasteiger partial charge >= 0.3 is 12.1 Å². The highest BCUT2D eigenvalue weighted by molar-refractivity contribution is 5.96. The SMILES string of the molecule is C/C=C(C)\C(=C\c1ccc2cc3c(cc2c1)C(C)(C)CCC3(C)C)c1cccc(C(=O)O)c1.O=C(O)O. The van der Waals surface area contributed by atoms with Gasteiger partial charge in [-0.2, -0.15) is 0 Å². The van der Waals surface area contributed by atoms with Gasteiger partial charge in [-0.1, -0.05) is 70.2 Å². The van der Waals surface area contributed by atoms with Gasteiger partial charge in [0.2, 0.25) is 0 Å². The summed E-state index contributed by atoms with van der Waals surface area (Å²) in [5.41, 5.74) is 7.81. The molecule has 0 saturated heterocycles. The van der Waals surface area contributed by atoms with E-state index in [0.29, 0.717) is 5.56 Å². The van der Waals surface area contributed by atoms with Gasteiger partial charge in [-0.05, 0) is 106 Å². The third kappa shape index (κ3) is 6.29. The molecule has 0 heterocycles. The number of carbonyl (C=O) groups is 2. The van der Waals surface area contributed by atoms with E-state index in [1.165, 1.54) is 34.7 Å². The van der Waals surface area contributed by atoms with Gasteiger partial charge < -0.3 is 15.3 Å². The van der Waals surface area contributed by atoms with E-state index in [0.717, 1.165) is 22.3 Å². The molecule has 4 rings (SSSR count). The largest absolute Gasteiger partial charge is 0.503 e. The summed E-state index contributed by atoms with van der Waals surface area (Å²) in [7, 11) is 0. The fourth-order valence-electron chi connectivity index (χ4n) is 4.99. The van der Waals surface area contributed by atoms with Gasteiger partial charge in [-0.25, -0.2) is 9.59 Å². The van der Waals surface area contributed by atoms with Crippen LogP contribution in [0.2, 0.25) is 0 Å². The average molecular weight is 501 g/mol. The summed E-state index contributed by atoms with van der Waals surface area (Å²) in [6.45, 7) is 13.5. The first-order valence-electron chi connectivity index (χ1n) is 12.4. The molecule has 3 N–H and O–H groups in total. The lowest BCUT2D eigenvalue weighted by Gasteiger charge is -2.42. The Labute approximate surface area is 218 Å². The Hall–Kier alpha value is -3.86. The van der Waals surface area contributed by atoms with E-state index in [1.807, 2.05) is 19.1 Å². The van der Waals surface area contributed by atoms with E-state index >= 15 is 0 Å². The van der Waals surface area contributed by atoms with E-state index < -0.39 is 12.1 Å². The van der Waals surface area contributed by atoms with Crippen LogP contribution in [0.25, 0.3) is 22.4 Å². The molecule has 5 nitrogen and oxygen atoms in total. The second kappa shape index (κ2) is 10.6. The topological polar surface area (TPSA) is 94.8 Å². The standard InChI is InChI=1S/C31H34O2.CH2O3/c1-7-20(2)26(23-9-8-10-24(17-23)29(32)33)16-21-11-12-22-18-27-28(19-25(22)15-21)31(5,6)14-13-30(27,3)4;2-1(3)4/h7-12,15-19H,13-14H2,1-6H3,(H,32,33);(H2,2,3,4)/b20-7-,26-16-;. The fourth-order valence-corrected chi connectivity index (χ4v) is 4.99. The molecule has 0 radical (unpaired) electrons. The predicted octanol–water partition coefficient (Wildman–Crippen LogP) is 8.62. The van der Waals surface area contributed by atoms with Crippen LogP contribution in [0.4, 0.5) is 4.79 Å². The van der Waals surface area contributed by atoms with Gasteiger partial charge in [0.25, 0.3) is 0 Å². The second-order valence-electron chi connectivity index (χ2n) is 11.0. The zero-order chi connectivity index (χ0) is 27.5. The first-order chi connectivity index (χ1) is 17.2. The van der Waals surface area contributed by atoms with Gasteiger partial charge in [0.05, 0.1) is 5.56 Å². The lowest BCUT2D eigenvalue weighted by Crippen LogP contribution is -2.33. The number of hydrogen-bond acceptors (Lipinski definition) is 2. The molecule has 0 bridgehead atoms. The van der Waals surface area contributed by atoms with Crippen molar-refractivity contribution in [2.75, 3.05) is 0 Å². The molecule has 0 atom stereocenters. The van der Waals surface area contributed by atoms with Crippen LogP contribution in [0.5, 0.6) is 0 Å². The van der Waals surface area contributed by atoms with Crippen LogP contribution in [-0.4, -0.2) is 27.4 Å². The van der Waals surface area contributed by atoms with Crippen molar-refractivity contribution in [1.29, 1.82) is 0 Å². The van der Waals surface area contributed by atoms with Gasteiger partial charge in [0, 0.05) is 0 Å². The monoisotopic (exact) mass is 500 g/mol. The summed E-state index contributed by atoms with van der Waals surface area (Å²) in [6, 6.07) is 18.6. The van der Waals surface area contributed by atoms with Crippen LogP contribution >= 0.6 is 0 Å². The Kier molecular flexibility index (Phi) is 7.97. The van der Waals surface area contributed by atoms with Crippen LogP contribution in [0.15, 0.2) is 66.2 Å². The minimum atomic E-state index is -1.83. The summed E-state index contributed by atoms with van der Waals surface area (Å²) in [4.78, 5) is 20.1. The third-order valence-electron chi connectivity index (χ3n) is 7.42. The quantitative estimate of drug-likeness (QED) is 0.246. The van der Waals surface area contributed by atoms with Crippen molar-refractivity contribution in [2.45, 2.75) is 65.2 Å². The molecule has 5 heteroatoms. The molecule has 3 aromatic rings. The van der Waals surface area contributed by atoms with E-state index in [4.69, 9.17) is 15.0 Å². The molecule has 0 spiro atoms. The van der Waals surface area contributed by atoms with Crippen molar-refractivity contribution in [1.82, 2.24) is 0 Å². The molecule has 0 aromatic heterocycles. The molecule has 0 fully saturated rings. The maximum Gasteiger partial charge on any atom is 0.503 e. The average Bonchev–Trinajstić information content (AvgIpc) is 2.84. The Morgan fingerprint density at radius 1 is 0.784 bits per heavy atom. The molecule has 0 amide bonds. The number of aromatic carboxylic acids is 1. The second-order valence-corrected chi connectivity index (χ2v) is 11.0. The maximum absolute atomic E-state index is 11.5. The van der Waals surface area contributed by atoms with Crippen molar-refractivity contribution in [3.63, 3.8) is 0 Å². The van der Waals surface area contributed by atoms with Gasteiger partial charge in [0.15, 0.2) is 0 Å². The lowest BCUT2D eigenvalue weighted by atomic mass is 9.63. The van der Waals surface area contributed by atoms with Crippen molar-refractivity contribution < 1.29 is 24.9 Å². The lowest BCUT2D eigenvalue weighted by molar-refractivity contribution is 0.0696. The molecule has 1 aliphatic rings. The van der Waals surface area contributed by atoms with Crippen LogP contribution in [0, 0.1) is 0 Å². The zero-order valence-corrected chi connectivity index (χ0v) is 22.4. The summed E-state index contributed by atoms with van der Waals surface area (Å²) in [5.74, 6) is -0.907. The maximum atomic E-state index is 11.5. The fraction of sp³-hybridized carbons (Fsp3) is 0.312. The first-order valence-corrected chi connectivity index (χ1v) is 12.4. The van der Waals surface area contributed by atoms with Crippen LogP contribution in [0.3, 0.4) is 0 Å². The number of allylic oxidation sites excluding steroid dienone is 3. The molecular weight excluding hydrogens is 464 g/mol. The minimum Gasteiger partial charge on any atom is -0.478 e. The smallest absolute Gasteiger partial charge is 0.478 e. The van der Waals surface area contributed by atoms with E-state index in [9.17, 15) is 9.90 Å². The predicted molar refractivity (Wildman–Crippen MR) is 151 cm³/mol. The summed E-state index contributed by atoms with van der Waals surface area (Å²) in [5, 5.41) is 25.9. The molecular formula is C32H36O5. The third-order valence-corrected chi connectivity index (χ3v) is 7.42. The van der Waals surface area contributed by atoms with E-state index in [1.54, 1.807) is 12.1 Å². The van der Waals surface area contributed by atoms with Gasteiger partial charge in [-0.15, -0.1) is 0 Å². The summed E-state index contributed by atoms with van der Waals surface area (Å²) in [6.07, 6.45) is 4.81. The van der Waals surface area contributed by atoms with E-state index in [-0.39, 0.29) is 10.8 Å². The molecule has 37 heavy (non-hydrogen) atoms. The number of fused-ring (bicyclic) bond motifs is 2. The number of rotatable bonds is 4. The molecule has 0 unspecified atom stereocenters. The van der Waals surface area contributed by atoms with Gasteiger partial charge in [-0.3, -0.25) is 0 Å². The highest BCUT2D eigenvalue weighted by atomic mass is 16.6. The number of carboxylic acids is 1. The van der Waals surface area contributed by atoms with Crippen LogP contribution in [0.1, 0.15) is 87.0 Å². The first kappa shape index (κ1) is 27.7. The normalized spacial score (nSPS) is 16.4.